The van der Waals surface area contributed by atoms with Crippen molar-refractivity contribution in [2.75, 3.05) is 6.61 Å². The van der Waals surface area contributed by atoms with E-state index in [-0.39, 0.29) is 0 Å². The standard InChI is InChI=1S/C53H105NO5/c1-3-5-7-9-11-13-15-16-17-18-19-20-21-22-23-24-25-26-27-28-29-30-31-32-33-34-35-37-38-40-42-44-46-50(56)52(58)49(48-55)54-53(59)51(57)47-45-43-41-39-36-14-12-10-8-6-4-2/h38,40,49-52,55-58H,3-37,39,41-48H2,1-2H3,(H,54,59)/b40-38+. The summed E-state index contributed by atoms with van der Waals surface area (Å²) in [7, 11) is 0. The van der Waals surface area contributed by atoms with Crippen LogP contribution in [-0.2, 0) is 4.79 Å². The fourth-order valence-electron chi connectivity index (χ4n) is 8.53. The number of hydrogen-bond donors (Lipinski definition) is 5. The number of aliphatic hydroxyl groups is 4. The summed E-state index contributed by atoms with van der Waals surface area (Å²) in [6, 6.07) is -0.997. The van der Waals surface area contributed by atoms with E-state index in [0.29, 0.717) is 12.8 Å². The second-order valence-electron chi connectivity index (χ2n) is 18.6. The van der Waals surface area contributed by atoms with Gasteiger partial charge in [0.2, 0.25) is 5.91 Å². The van der Waals surface area contributed by atoms with E-state index < -0.39 is 36.9 Å². The lowest BCUT2D eigenvalue weighted by Gasteiger charge is -2.27. The molecule has 59 heavy (non-hydrogen) atoms. The molecule has 0 fully saturated rings. The van der Waals surface area contributed by atoms with E-state index >= 15 is 0 Å². The molecule has 0 aromatic heterocycles. The molecular formula is C53H105NO5. The van der Waals surface area contributed by atoms with E-state index in [1.807, 2.05) is 0 Å². The molecule has 0 saturated heterocycles. The lowest BCUT2D eigenvalue weighted by Crippen LogP contribution is -2.53. The molecule has 0 aliphatic carbocycles. The van der Waals surface area contributed by atoms with Gasteiger partial charge in [-0.3, -0.25) is 4.79 Å². The van der Waals surface area contributed by atoms with Gasteiger partial charge in [0.05, 0.1) is 18.8 Å². The molecule has 5 N–H and O–H groups in total. The summed E-state index contributed by atoms with van der Waals surface area (Å²) < 4.78 is 0. The van der Waals surface area contributed by atoms with Gasteiger partial charge in [0, 0.05) is 0 Å². The van der Waals surface area contributed by atoms with Gasteiger partial charge in [0.1, 0.15) is 12.2 Å². The average Bonchev–Trinajstić information content (AvgIpc) is 3.24. The Hall–Kier alpha value is -0.950. The summed E-state index contributed by atoms with van der Waals surface area (Å²) in [6.07, 6.45) is 55.9. The van der Waals surface area contributed by atoms with Crippen molar-refractivity contribution in [1.82, 2.24) is 5.32 Å². The Morgan fingerprint density at radius 3 is 1.02 bits per heavy atom. The number of carbonyl (C=O) groups is 1. The van der Waals surface area contributed by atoms with Crippen molar-refractivity contribution >= 4 is 5.91 Å². The Labute approximate surface area is 368 Å². The molecule has 0 bridgehead atoms. The van der Waals surface area contributed by atoms with Crippen LogP contribution < -0.4 is 5.32 Å². The SMILES string of the molecule is CCCCCCCCCCCCCCCCCCCCCCCCCCCCC/C=C/CCCC(O)C(O)C(CO)NC(=O)C(O)CCCCCCCCCCCCC. The second kappa shape index (κ2) is 48.1. The summed E-state index contributed by atoms with van der Waals surface area (Å²) in [4.78, 5) is 12.5. The van der Waals surface area contributed by atoms with Crippen molar-refractivity contribution < 1.29 is 25.2 Å². The molecule has 352 valence electrons. The van der Waals surface area contributed by atoms with Crippen LogP contribution >= 0.6 is 0 Å². The molecule has 0 aromatic rings. The van der Waals surface area contributed by atoms with E-state index in [9.17, 15) is 25.2 Å². The fraction of sp³-hybridized carbons (Fsp3) is 0.943. The third kappa shape index (κ3) is 42.1. The maximum absolute atomic E-state index is 12.5. The molecule has 6 heteroatoms. The first-order valence-electron chi connectivity index (χ1n) is 26.6. The van der Waals surface area contributed by atoms with Gasteiger partial charge in [-0.2, -0.15) is 0 Å². The van der Waals surface area contributed by atoms with Gasteiger partial charge >= 0.3 is 0 Å². The maximum atomic E-state index is 12.5. The average molecular weight is 836 g/mol. The van der Waals surface area contributed by atoms with Gasteiger partial charge in [-0.05, 0) is 38.5 Å². The molecule has 0 saturated carbocycles. The highest BCUT2D eigenvalue weighted by atomic mass is 16.3. The number of nitrogens with one attached hydrogen (secondary N) is 1. The van der Waals surface area contributed by atoms with Gasteiger partial charge in [-0.25, -0.2) is 0 Å². The third-order valence-electron chi connectivity index (χ3n) is 12.7. The van der Waals surface area contributed by atoms with Crippen molar-refractivity contribution in [3.8, 4) is 0 Å². The highest BCUT2D eigenvalue weighted by molar-refractivity contribution is 5.80. The first-order chi connectivity index (χ1) is 29.0. The van der Waals surface area contributed by atoms with E-state index in [0.717, 1.165) is 38.5 Å². The zero-order valence-electron chi connectivity index (χ0n) is 39.8. The molecule has 0 spiro atoms. The van der Waals surface area contributed by atoms with Crippen LogP contribution in [0.15, 0.2) is 12.2 Å². The van der Waals surface area contributed by atoms with Gasteiger partial charge in [0.15, 0.2) is 0 Å². The molecular weight excluding hydrogens is 731 g/mol. The van der Waals surface area contributed by atoms with Crippen LogP contribution in [0.3, 0.4) is 0 Å². The molecule has 4 atom stereocenters. The Balaban J connectivity index is 3.55. The molecule has 0 aliphatic heterocycles. The Bertz CT molecular complexity index is 852. The Kier molecular flexibility index (Phi) is 47.3. The summed E-state index contributed by atoms with van der Waals surface area (Å²) in [6.45, 7) is 4.05. The zero-order chi connectivity index (χ0) is 43.1. The predicted octanol–water partition coefficient (Wildman–Crippen LogP) is 14.9. The monoisotopic (exact) mass is 836 g/mol. The molecule has 4 unspecified atom stereocenters. The van der Waals surface area contributed by atoms with E-state index in [4.69, 9.17) is 0 Å². The number of aliphatic hydroxyl groups excluding tert-OH is 4. The van der Waals surface area contributed by atoms with E-state index in [1.165, 1.54) is 225 Å². The molecule has 1 amide bonds. The van der Waals surface area contributed by atoms with Crippen molar-refractivity contribution in [3.63, 3.8) is 0 Å². The minimum Gasteiger partial charge on any atom is -0.394 e. The number of unbranched alkanes of at least 4 members (excludes halogenated alkanes) is 38. The molecule has 0 aromatic carbocycles. The molecule has 0 rings (SSSR count). The highest BCUT2D eigenvalue weighted by Crippen LogP contribution is 2.18. The summed E-state index contributed by atoms with van der Waals surface area (Å²) in [5, 5.41) is 43.7. The molecule has 6 nitrogen and oxygen atoms in total. The van der Waals surface area contributed by atoms with Crippen LogP contribution in [0, 0.1) is 0 Å². The van der Waals surface area contributed by atoms with Gasteiger partial charge in [-0.1, -0.05) is 264 Å². The van der Waals surface area contributed by atoms with Crippen LogP contribution in [0.25, 0.3) is 0 Å². The number of carbonyl (C=O) groups excluding carboxylic acids is 1. The minimum absolute atomic E-state index is 0.367. The first-order valence-corrected chi connectivity index (χ1v) is 26.6. The van der Waals surface area contributed by atoms with Crippen LogP contribution in [0.2, 0.25) is 0 Å². The van der Waals surface area contributed by atoms with E-state index in [2.05, 4.69) is 31.3 Å². The molecule has 0 radical (unpaired) electrons. The zero-order valence-corrected chi connectivity index (χ0v) is 39.8. The second-order valence-corrected chi connectivity index (χ2v) is 18.6. The first kappa shape index (κ1) is 58.0. The normalized spacial score (nSPS) is 13.9. The Morgan fingerprint density at radius 2 is 0.695 bits per heavy atom. The largest absolute Gasteiger partial charge is 0.394 e. The number of rotatable bonds is 49. The van der Waals surface area contributed by atoms with Crippen LogP contribution in [0.1, 0.15) is 290 Å². The van der Waals surface area contributed by atoms with Crippen molar-refractivity contribution in [2.24, 2.45) is 0 Å². The smallest absolute Gasteiger partial charge is 0.249 e. The summed E-state index contributed by atoms with van der Waals surface area (Å²) in [5.41, 5.74) is 0. The highest BCUT2D eigenvalue weighted by Gasteiger charge is 2.28. The number of allylic oxidation sites excluding steroid dienone is 2. The van der Waals surface area contributed by atoms with E-state index in [1.54, 1.807) is 0 Å². The topological polar surface area (TPSA) is 110 Å². The van der Waals surface area contributed by atoms with Crippen molar-refractivity contribution in [3.05, 3.63) is 12.2 Å². The van der Waals surface area contributed by atoms with Gasteiger partial charge in [0.25, 0.3) is 0 Å². The lowest BCUT2D eigenvalue weighted by atomic mass is 10.00. The maximum Gasteiger partial charge on any atom is 0.249 e. The van der Waals surface area contributed by atoms with Crippen LogP contribution in [0.4, 0.5) is 0 Å². The van der Waals surface area contributed by atoms with Crippen molar-refractivity contribution in [1.29, 1.82) is 0 Å². The third-order valence-corrected chi connectivity index (χ3v) is 12.7. The van der Waals surface area contributed by atoms with Crippen LogP contribution in [0.5, 0.6) is 0 Å². The Morgan fingerprint density at radius 1 is 0.407 bits per heavy atom. The van der Waals surface area contributed by atoms with Gasteiger partial charge in [-0.15, -0.1) is 0 Å². The predicted molar refractivity (Wildman–Crippen MR) is 256 cm³/mol. The fourth-order valence-corrected chi connectivity index (χ4v) is 8.53. The van der Waals surface area contributed by atoms with Crippen molar-refractivity contribution in [2.45, 2.75) is 314 Å². The quantitative estimate of drug-likeness (QED) is 0.0310. The molecule has 0 aliphatic rings. The lowest BCUT2D eigenvalue weighted by molar-refractivity contribution is -0.132. The number of hydrogen-bond acceptors (Lipinski definition) is 5. The number of amides is 1. The summed E-state index contributed by atoms with van der Waals surface area (Å²) in [5.74, 6) is -0.591. The molecule has 0 heterocycles. The minimum atomic E-state index is -1.28. The van der Waals surface area contributed by atoms with Crippen LogP contribution in [-0.4, -0.2) is 57.3 Å². The summed E-state index contributed by atoms with van der Waals surface area (Å²) >= 11 is 0. The van der Waals surface area contributed by atoms with Gasteiger partial charge < -0.3 is 25.7 Å².